The van der Waals surface area contributed by atoms with Crippen LogP contribution >= 0.6 is 51.7 Å². The number of carbonyl (C=O) groups is 1. The van der Waals surface area contributed by atoms with E-state index in [1.807, 2.05) is 43.0 Å². The molecule has 0 spiro atoms. The first-order valence-electron chi connectivity index (χ1n) is 8.21. The summed E-state index contributed by atoms with van der Waals surface area (Å²) in [7, 11) is 3.45. The van der Waals surface area contributed by atoms with E-state index in [-0.39, 0.29) is 36.4 Å². The van der Waals surface area contributed by atoms with Crippen molar-refractivity contribution in [1.82, 2.24) is 15.5 Å². The highest BCUT2D eigenvalue weighted by Crippen LogP contribution is 2.17. The molecule has 148 valence electrons. The predicted molar refractivity (Wildman–Crippen MR) is 125 cm³/mol. The molecule has 0 saturated heterocycles. The van der Waals surface area contributed by atoms with E-state index in [2.05, 4.69) is 31.6 Å². The Hall–Kier alpha value is -0.680. The number of hydrogen-bond acceptors (Lipinski definition) is 4. The van der Waals surface area contributed by atoms with Gasteiger partial charge in [0.2, 0.25) is 5.91 Å². The SMILES string of the molecule is CCNC(=NCC(=O)N(C)C)NCCSCCOc1cccc(Br)c1.I. The van der Waals surface area contributed by atoms with Gasteiger partial charge in [0.1, 0.15) is 12.3 Å². The van der Waals surface area contributed by atoms with Gasteiger partial charge in [0.15, 0.2) is 5.96 Å². The van der Waals surface area contributed by atoms with Crippen molar-refractivity contribution in [3.8, 4) is 5.75 Å². The van der Waals surface area contributed by atoms with E-state index in [9.17, 15) is 4.79 Å². The van der Waals surface area contributed by atoms with Gasteiger partial charge >= 0.3 is 0 Å². The highest BCUT2D eigenvalue weighted by Gasteiger charge is 2.03. The smallest absolute Gasteiger partial charge is 0.243 e. The Kier molecular flexibility index (Phi) is 15.0. The van der Waals surface area contributed by atoms with Gasteiger partial charge < -0.3 is 20.3 Å². The standard InChI is InChI=1S/C17H27BrN4O2S.HI/c1-4-19-17(21-13-16(23)22(2)3)20-8-10-25-11-9-24-15-7-5-6-14(18)12-15;/h5-7,12H,4,8-11,13H2,1-3H3,(H2,19,20,21);1H. The molecule has 0 atom stereocenters. The molecule has 0 aliphatic rings. The third kappa shape index (κ3) is 11.8. The van der Waals surface area contributed by atoms with Gasteiger partial charge in [-0.3, -0.25) is 4.79 Å². The fourth-order valence-electron chi connectivity index (χ4n) is 1.75. The van der Waals surface area contributed by atoms with Crippen LogP contribution in [0.3, 0.4) is 0 Å². The normalized spacial score (nSPS) is 10.7. The maximum atomic E-state index is 11.6. The summed E-state index contributed by atoms with van der Waals surface area (Å²) in [4.78, 5) is 17.4. The fourth-order valence-corrected chi connectivity index (χ4v) is 2.78. The van der Waals surface area contributed by atoms with E-state index in [1.54, 1.807) is 14.1 Å². The fraction of sp³-hybridized carbons (Fsp3) is 0.529. The van der Waals surface area contributed by atoms with Crippen LogP contribution in [0.25, 0.3) is 0 Å². The quantitative estimate of drug-likeness (QED) is 0.200. The second kappa shape index (κ2) is 15.4. The molecule has 26 heavy (non-hydrogen) atoms. The lowest BCUT2D eigenvalue weighted by Crippen LogP contribution is -2.39. The Morgan fingerprint density at radius 3 is 2.73 bits per heavy atom. The van der Waals surface area contributed by atoms with Crippen LogP contribution in [0.15, 0.2) is 33.7 Å². The molecular formula is C17H28BrIN4O2S. The molecule has 0 unspecified atom stereocenters. The lowest BCUT2D eigenvalue weighted by Gasteiger charge is -2.12. The van der Waals surface area contributed by atoms with Crippen LogP contribution in [-0.2, 0) is 4.79 Å². The molecule has 0 saturated carbocycles. The van der Waals surface area contributed by atoms with E-state index in [0.29, 0.717) is 12.6 Å². The van der Waals surface area contributed by atoms with Crippen molar-refractivity contribution in [2.24, 2.45) is 4.99 Å². The molecule has 9 heteroatoms. The number of guanidine groups is 1. The molecule has 0 radical (unpaired) electrons. The maximum absolute atomic E-state index is 11.6. The lowest BCUT2D eigenvalue weighted by atomic mass is 10.3. The van der Waals surface area contributed by atoms with E-state index in [4.69, 9.17) is 4.74 Å². The minimum Gasteiger partial charge on any atom is -0.493 e. The summed E-state index contributed by atoms with van der Waals surface area (Å²) >= 11 is 5.24. The zero-order valence-corrected chi connectivity index (χ0v) is 20.2. The minimum atomic E-state index is -0.0173. The summed E-state index contributed by atoms with van der Waals surface area (Å²) in [6, 6.07) is 7.84. The molecule has 0 aliphatic heterocycles. The number of halogens is 2. The van der Waals surface area contributed by atoms with Crippen molar-refractivity contribution in [2.45, 2.75) is 6.92 Å². The van der Waals surface area contributed by atoms with Gasteiger partial charge in [0.05, 0.1) is 6.61 Å². The van der Waals surface area contributed by atoms with Gasteiger partial charge in [-0.15, -0.1) is 24.0 Å². The van der Waals surface area contributed by atoms with Crippen LogP contribution in [0.4, 0.5) is 0 Å². The summed E-state index contributed by atoms with van der Waals surface area (Å²) in [5, 5.41) is 6.37. The Morgan fingerprint density at radius 1 is 1.31 bits per heavy atom. The number of thioether (sulfide) groups is 1. The first-order valence-corrected chi connectivity index (χ1v) is 10.2. The number of ether oxygens (including phenoxy) is 1. The van der Waals surface area contributed by atoms with E-state index in [1.165, 1.54) is 4.90 Å². The Morgan fingerprint density at radius 2 is 2.08 bits per heavy atom. The van der Waals surface area contributed by atoms with Crippen LogP contribution < -0.4 is 15.4 Å². The van der Waals surface area contributed by atoms with Gasteiger partial charge in [-0.1, -0.05) is 22.0 Å². The average Bonchev–Trinajstić information content (AvgIpc) is 2.58. The van der Waals surface area contributed by atoms with Crippen LogP contribution in [0.2, 0.25) is 0 Å². The number of amides is 1. The molecule has 2 N–H and O–H groups in total. The molecule has 6 nitrogen and oxygen atoms in total. The number of rotatable bonds is 10. The van der Waals surface area contributed by atoms with Gasteiger partial charge in [-0.05, 0) is 25.1 Å². The Bertz CT molecular complexity index is 561. The molecule has 0 aromatic heterocycles. The first kappa shape index (κ1) is 25.3. The van der Waals surface area contributed by atoms with E-state index < -0.39 is 0 Å². The topological polar surface area (TPSA) is 66.0 Å². The van der Waals surface area contributed by atoms with Gasteiger partial charge in [0, 0.05) is 43.2 Å². The van der Waals surface area contributed by atoms with Gasteiger partial charge in [0.25, 0.3) is 0 Å². The van der Waals surface area contributed by atoms with Crippen LogP contribution in [-0.4, -0.2) is 68.6 Å². The molecule has 1 amide bonds. The van der Waals surface area contributed by atoms with Crippen LogP contribution in [0.1, 0.15) is 6.92 Å². The van der Waals surface area contributed by atoms with Gasteiger partial charge in [-0.2, -0.15) is 11.8 Å². The van der Waals surface area contributed by atoms with Crippen molar-refractivity contribution < 1.29 is 9.53 Å². The van der Waals surface area contributed by atoms with E-state index in [0.717, 1.165) is 34.8 Å². The molecule has 1 aromatic rings. The molecule has 0 bridgehead atoms. The second-order valence-corrected chi connectivity index (χ2v) is 7.47. The predicted octanol–water partition coefficient (Wildman–Crippen LogP) is 2.82. The number of nitrogens with one attached hydrogen (secondary N) is 2. The third-order valence-corrected chi connectivity index (χ3v) is 4.49. The monoisotopic (exact) mass is 558 g/mol. The highest BCUT2D eigenvalue weighted by atomic mass is 127. The second-order valence-electron chi connectivity index (χ2n) is 5.33. The van der Waals surface area contributed by atoms with Crippen molar-refractivity contribution in [1.29, 1.82) is 0 Å². The summed E-state index contributed by atoms with van der Waals surface area (Å²) in [6.07, 6.45) is 0. The lowest BCUT2D eigenvalue weighted by molar-refractivity contribution is -0.127. The molecule has 1 aromatic carbocycles. The summed E-state index contributed by atoms with van der Waals surface area (Å²) in [5.41, 5.74) is 0. The minimum absolute atomic E-state index is 0. The molecule has 0 aliphatic carbocycles. The highest BCUT2D eigenvalue weighted by molar-refractivity contribution is 14.0. The zero-order chi connectivity index (χ0) is 18.5. The van der Waals surface area contributed by atoms with E-state index >= 15 is 0 Å². The number of aliphatic imine (C=N–C) groups is 1. The molecule has 1 rings (SSSR count). The van der Waals surface area contributed by atoms with Crippen LogP contribution in [0, 0.1) is 0 Å². The number of likely N-dealkylation sites (N-methyl/N-ethyl adjacent to an activating group) is 1. The number of hydrogen-bond donors (Lipinski definition) is 2. The molecule has 0 fully saturated rings. The van der Waals surface area contributed by atoms with Crippen molar-refractivity contribution >= 4 is 63.5 Å². The maximum Gasteiger partial charge on any atom is 0.243 e. The largest absolute Gasteiger partial charge is 0.493 e. The number of nitrogens with zero attached hydrogens (tertiary/aromatic N) is 2. The molecular weight excluding hydrogens is 531 g/mol. The summed E-state index contributed by atoms with van der Waals surface area (Å²) < 4.78 is 6.71. The Balaban J connectivity index is 0.00000625. The average molecular weight is 559 g/mol. The zero-order valence-electron chi connectivity index (χ0n) is 15.5. The van der Waals surface area contributed by atoms with Crippen LogP contribution in [0.5, 0.6) is 5.75 Å². The molecule has 0 heterocycles. The van der Waals surface area contributed by atoms with Crippen molar-refractivity contribution in [3.63, 3.8) is 0 Å². The Labute approximate surface area is 186 Å². The number of benzene rings is 1. The third-order valence-electron chi connectivity index (χ3n) is 3.05. The summed E-state index contributed by atoms with van der Waals surface area (Å²) in [5.74, 6) is 3.38. The number of carbonyl (C=O) groups excluding carboxylic acids is 1. The first-order chi connectivity index (χ1) is 12.0. The summed E-state index contributed by atoms with van der Waals surface area (Å²) in [6.45, 7) is 4.36. The van der Waals surface area contributed by atoms with Crippen molar-refractivity contribution in [3.05, 3.63) is 28.7 Å². The van der Waals surface area contributed by atoms with Gasteiger partial charge in [-0.25, -0.2) is 4.99 Å². The van der Waals surface area contributed by atoms with Crippen molar-refractivity contribution in [2.75, 3.05) is 51.8 Å².